The summed E-state index contributed by atoms with van der Waals surface area (Å²) in [6, 6.07) is 10.9. The van der Waals surface area contributed by atoms with Crippen molar-refractivity contribution in [2.45, 2.75) is 36.9 Å². The van der Waals surface area contributed by atoms with Crippen molar-refractivity contribution in [1.82, 2.24) is 0 Å². The molecule has 0 aliphatic carbocycles. The molecule has 1 fully saturated rings. The lowest BCUT2D eigenvalue weighted by Crippen LogP contribution is -2.30. The van der Waals surface area contributed by atoms with Crippen LogP contribution in [-0.4, -0.2) is 30.5 Å². The highest BCUT2D eigenvalue weighted by molar-refractivity contribution is 7.99. The fraction of sp³-hybridized carbons (Fsp3) is 0.381. The summed E-state index contributed by atoms with van der Waals surface area (Å²) in [5.74, 6) is -1.36. The third-order valence-corrected chi connectivity index (χ3v) is 5.86. The normalized spacial score (nSPS) is 15.8. The predicted molar refractivity (Wildman–Crippen MR) is 107 cm³/mol. The average molecular weight is 407 g/mol. The van der Waals surface area contributed by atoms with E-state index in [1.54, 1.807) is 6.92 Å². The summed E-state index contributed by atoms with van der Waals surface area (Å²) < 4.78 is 37.0. The Bertz CT molecular complexity index is 812. The van der Waals surface area contributed by atoms with E-state index in [9.17, 15) is 13.6 Å². The quantitative estimate of drug-likeness (QED) is 0.717. The first-order valence-electron chi connectivity index (χ1n) is 9.22. The molecule has 0 bridgehead atoms. The Morgan fingerprint density at radius 2 is 2.00 bits per heavy atom. The lowest BCUT2D eigenvalue weighted by Gasteiger charge is -2.21. The highest BCUT2D eigenvalue weighted by atomic mass is 32.2. The molecule has 1 atom stereocenters. The topological polar surface area (TPSA) is 47.6 Å². The largest absolute Gasteiger partial charge is 0.481 e. The molecule has 0 spiro atoms. The fourth-order valence-corrected chi connectivity index (χ4v) is 3.98. The molecule has 1 unspecified atom stereocenters. The van der Waals surface area contributed by atoms with Crippen LogP contribution in [0.3, 0.4) is 0 Å². The standard InChI is InChI=1S/C21H23F2NO3S/c1-14(27-17-5-6-19(22)20(23)12-17)21(25)24-16-4-2-3-15(11-16)13-28-18-7-9-26-10-8-18/h2-6,11-12,14,18H,7-10,13H2,1H3,(H,24,25). The molecular weight excluding hydrogens is 384 g/mol. The summed E-state index contributed by atoms with van der Waals surface area (Å²) in [6.45, 7) is 3.20. The Balaban J connectivity index is 1.53. The number of hydrogen-bond donors (Lipinski definition) is 1. The molecule has 7 heteroatoms. The Morgan fingerprint density at radius 1 is 1.21 bits per heavy atom. The first-order valence-corrected chi connectivity index (χ1v) is 10.3. The molecule has 3 rings (SSSR count). The van der Waals surface area contributed by atoms with Crippen LogP contribution in [0.5, 0.6) is 5.75 Å². The molecule has 150 valence electrons. The zero-order valence-electron chi connectivity index (χ0n) is 15.6. The van der Waals surface area contributed by atoms with Gasteiger partial charge in [0.2, 0.25) is 0 Å². The Morgan fingerprint density at radius 3 is 2.75 bits per heavy atom. The van der Waals surface area contributed by atoms with Gasteiger partial charge in [0.25, 0.3) is 5.91 Å². The Kier molecular flexibility index (Phi) is 7.28. The smallest absolute Gasteiger partial charge is 0.265 e. The van der Waals surface area contributed by atoms with E-state index in [-0.39, 0.29) is 11.7 Å². The maximum absolute atomic E-state index is 13.3. The second kappa shape index (κ2) is 9.89. The number of anilines is 1. The maximum Gasteiger partial charge on any atom is 0.265 e. The second-order valence-corrected chi connectivity index (χ2v) is 7.94. The van der Waals surface area contributed by atoms with E-state index in [0.29, 0.717) is 10.9 Å². The Hall–Kier alpha value is -2.12. The van der Waals surface area contributed by atoms with Gasteiger partial charge in [-0.15, -0.1) is 0 Å². The van der Waals surface area contributed by atoms with Gasteiger partial charge in [0.1, 0.15) is 5.75 Å². The molecule has 1 aliphatic heterocycles. The molecule has 2 aromatic carbocycles. The number of carbonyl (C=O) groups excluding carboxylic acids is 1. The second-order valence-electron chi connectivity index (χ2n) is 6.65. The molecule has 0 saturated carbocycles. The minimum absolute atomic E-state index is 0.100. The van der Waals surface area contributed by atoms with Crippen molar-refractivity contribution < 1.29 is 23.0 Å². The number of hydrogen-bond acceptors (Lipinski definition) is 4. The molecule has 1 N–H and O–H groups in total. The molecule has 0 radical (unpaired) electrons. The lowest BCUT2D eigenvalue weighted by molar-refractivity contribution is -0.122. The third kappa shape index (κ3) is 5.94. The average Bonchev–Trinajstić information content (AvgIpc) is 2.70. The Labute approximate surface area is 167 Å². The van der Waals surface area contributed by atoms with Crippen LogP contribution in [0.1, 0.15) is 25.3 Å². The van der Waals surface area contributed by atoms with Crippen LogP contribution in [0.4, 0.5) is 14.5 Å². The molecule has 1 heterocycles. The first kappa shape index (κ1) is 20.6. The van der Waals surface area contributed by atoms with Crippen LogP contribution in [0.25, 0.3) is 0 Å². The van der Waals surface area contributed by atoms with Crippen molar-refractivity contribution in [3.63, 3.8) is 0 Å². The minimum Gasteiger partial charge on any atom is -0.481 e. The number of carbonyl (C=O) groups is 1. The highest BCUT2D eigenvalue weighted by Gasteiger charge is 2.17. The maximum atomic E-state index is 13.3. The molecule has 4 nitrogen and oxygen atoms in total. The van der Waals surface area contributed by atoms with Gasteiger partial charge in [0, 0.05) is 36.0 Å². The fourth-order valence-electron chi connectivity index (χ4n) is 2.85. The zero-order valence-corrected chi connectivity index (χ0v) is 16.4. The van der Waals surface area contributed by atoms with E-state index in [1.165, 1.54) is 6.07 Å². The summed E-state index contributed by atoms with van der Waals surface area (Å²) >= 11 is 1.91. The van der Waals surface area contributed by atoms with Gasteiger partial charge in [-0.05, 0) is 49.6 Å². The van der Waals surface area contributed by atoms with E-state index in [4.69, 9.17) is 9.47 Å². The van der Waals surface area contributed by atoms with Gasteiger partial charge in [-0.25, -0.2) is 8.78 Å². The van der Waals surface area contributed by atoms with E-state index in [2.05, 4.69) is 5.32 Å². The minimum atomic E-state index is -1.01. The summed E-state index contributed by atoms with van der Waals surface area (Å²) in [7, 11) is 0. The molecular formula is C21H23F2NO3S. The number of halogens is 2. The number of rotatable bonds is 7. The van der Waals surface area contributed by atoms with Gasteiger partial charge >= 0.3 is 0 Å². The number of benzene rings is 2. The predicted octanol–water partition coefficient (Wildman–Crippen LogP) is 4.78. The van der Waals surface area contributed by atoms with Crippen LogP contribution < -0.4 is 10.1 Å². The number of nitrogens with one attached hydrogen (secondary N) is 1. The van der Waals surface area contributed by atoms with E-state index >= 15 is 0 Å². The SMILES string of the molecule is CC(Oc1ccc(F)c(F)c1)C(=O)Nc1cccc(CSC2CCOCC2)c1. The van der Waals surface area contributed by atoms with Gasteiger partial charge in [-0.3, -0.25) is 4.79 Å². The van der Waals surface area contributed by atoms with Gasteiger partial charge in [0.15, 0.2) is 17.7 Å². The molecule has 0 aromatic heterocycles. The molecule has 28 heavy (non-hydrogen) atoms. The van der Waals surface area contributed by atoms with E-state index in [1.807, 2.05) is 36.0 Å². The van der Waals surface area contributed by atoms with Crippen molar-refractivity contribution >= 4 is 23.4 Å². The summed E-state index contributed by atoms with van der Waals surface area (Å²) in [6.07, 6.45) is 1.28. The molecule has 1 aliphatic rings. The highest BCUT2D eigenvalue weighted by Crippen LogP contribution is 2.26. The summed E-state index contributed by atoms with van der Waals surface area (Å²) in [4.78, 5) is 12.4. The molecule has 1 amide bonds. The molecule has 2 aromatic rings. The van der Waals surface area contributed by atoms with Gasteiger partial charge in [-0.1, -0.05) is 12.1 Å². The first-order chi connectivity index (χ1) is 13.5. The number of ether oxygens (including phenoxy) is 2. The van der Waals surface area contributed by atoms with Gasteiger partial charge < -0.3 is 14.8 Å². The van der Waals surface area contributed by atoms with Crippen molar-refractivity contribution in [2.75, 3.05) is 18.5 Å². The van der Waals surface area contributed by atoms with E-state index in [0.717, 1.165) is 49.5 Å². The van der Waals surface area contributed by atoms with Crippen molar-refractivity contribution in [2.24, 2.45) is 0 Å². The van der Waals surface area contributed by atoms with Crippen LogP contribution in [0.15, 0.2) is 42.5 Å². The van der Waals surface area contributed by atoms with Crippen LogP contribution in [0, 0.1) is 11.6 Å². The van der Waals surface area contributed by atoms with Crippen molar-refractivity contribution in [1.29, 1.82) is 0 Å². The summed E-state index contributed by atoms with van der Waals surface area (Å²) in [5.41, 5.74) is 1.80. The van der Waals surface area contributed by atoms with Crippen LogP contribution >= 0.6 is 11.8 Å². The van der Waals surface area contributed by atoms with Crippen molar-refractivity contribution in [3.05, 3.63) is 59.7 Å². The third-order valence-electron chi connectivity index (χ3n) is 4.42. The van der Waals surface area contributed by atoms with Crippen molar-refractivity contribution in [3.8, 4) is 5.75 Å². The zero-order chi connectivity index (χ0) is 19.9. The van der Waals surface area contributed by atoms with Crippen LogP contribution in [0.2, 0.25) is 0 Å². The summed E-state index contributed by atoms with van der Waals surface area (Å²) in [5, 5.41) is 3.41. The van der Waals surface area contributed by atoms with Gasteiger partial charge in [-0.2, -0.15) is 11.8 Å². The van der Waals surface area contributed by atoms with Crippen LogP contribution in [-0.2, 0) is 15.3 Å². The lowest BCUT2D eigenvalue weighted by atomic mass is 10.2. The van der Waals surface area contributed by atoms with Gasteiger partial charge in [0.05, 0.1) is 0 Å². The number of thioether (sulfide) groups is 1. The molecule has 1 saturated heterocycles. The van der Waals surface area contributed by atoms with E-state index < -0.39 is 17.7 Å². The number of amides is 1. The monoisotopic (exact) mass is 407 g/mol.